The van der Waals surface area contributed by atoms with Crippen LogP contribution in [0.4, 0.5) is 0 Å². The zero-order valence-electron chi connectivity index (χ0n) is 16.1. The normalized spacial score (nSPS) is 41.4. The summed E-state index contributed by atoms with van der Waals surface area (Å²) in [6.07, 6.45) is 5.66. The van der Waals surface area contributed by atoms with E-state index in [1.807, 2.05) is 0 Å². The summed E-state index contributed by atoms with van der Waals surface area (Å²) in [5.74, 6) is 0.800. The largest absolute Gasteiger partial charge is 0.393 e. The van der Waals surface area contributed by atoms with Gasteiger partial charge in [0.05, 0.1) is 22.1 Å². The molecule has 5 unspecified atom stereocenters. The lowest BCUT2D eigenvalue weighted by Crippen LogP contribution is -2.52. The molecular weight excluding hydrogens is 407 g/mol. The molecule has 0 amide bonds. The molecule has 8 heteroatoms. The summed E-state index contributed by atoms with van der Waals surface area (Å²) in [7, 11) is -3.20. The Balaban J connectivity index is 1.55. The van der Waals surface area contributed by atoms with Crippen molar-refractivity contribution < 1.29 is 13.5 Å². The van der Waals surface area contributed by atoms with Crippen molar-refractivity contribution in [2.45, 2.75) is 86.4 Å². The minimum atomic E-state index is -3.20. The zero-order chi connectivity index (χ0) is 19.8. The summed E-state index contributed by atoms with van der Waals surface area (Å²) in [4.78, 5) is 0. The van der Waals surface area contributed by atoms with E-state index in [0.29, 0.717) is 31.8 Å². The Labute approximate surface area is 174 Å². The second kappa shape index (κ2) is 9.05. The Morgan fingerprint density at radius 2 is 1.56 bits per heavy atom. The van der Waals surface area contributed by atoms with E-state index in [2.05, 4.69) is 6.92 Å². The van der Waals surface area contributed by atoms with Gasteiger partial charge in [-0.05, 0) is 63.2 Å². The van der Waals surface area contributed by atoms with E-state index in [9.17, 15) is 13.5 Å². The van der Waals surface area contributed by atoms with Gasteiger partial charge in [-0.15, -0.1) is 23.2 Å². The van der Waals surface area contributed by atoms with Gasteiger partial charge in [0.1, 0.15) is 0 Å². The summed E-state index contributed by atoms with van der Waals surface area (Å²) in [6.45, 7) is 3.28. The van der Waals surface area contributed by atoms with Crippen LogP contribution in [-0.2, 0) is 10.0 Å². The van der Waals surface area contributed by atoms with Crippen LogP contribution in [-0.4, -0.2) is 59.1 Å². The molecule has 1 heterocycles. The minimum absolute atomic E-state index is 0.0597. The van der Waals surface area contributed by atoms with Crippen LogP contribution in [0.1, 0.15) is 58.3 Å². The van der Waals surface area contributed by atoms with Crippen LogP contribution >= 0.6 is 23.2 Å². The van der Waals surface area contributed by atoms with Gasteiger partial charge in [0, 0.05) is 25.0 Å². The van der Waals surface area contributed by atoms with E-state index >= 15 is 0 Å². The molecule has 3 fully saturated rings. The fourth-order valence-corrected chi connectivity index (χ4v) is 7.74. The predicted molar refractivity (Wildman–Crippen MR) is 111 cm³/mol. The van der Waals surface area contributed by atoms with Crippen molar-refractivity contribution in [1.29, 1.82) is 0 Å². The summed E-state index contributed by atoms with van der Waals surface area (Å²) in [6, 6.07) is -0.161. The molecule has 1 saturated heterocycles. The molecule has 3 aliphatic rings. The van der Waals surface area contributed by atoms with Gasteiger partial charge >= 0.3 is 0 Å². The van der Waals surface area contributed by atoms with Gasteiger partial charge in [0.25, 0.3) is 0 Å². The number of sulfonamides is 1. The molecule has 5 nitrogen and oxygen atoms in total. The number of aliphatic hydroxyl groups is 1. The number of rotatable bonds is 4. The SMILES string of the molecule is CC1CCC(S(=O)(=O)N2CCC(C(N)C3CC(Cl)C(Cl)CC3O)CC2)CC1. The third-order valence-electron chi connectivity index (χ3n) is 7.13. The molecular formula is C19H34Cl2N2O3S. The first-order chi connectivity index (χ1) is 12.7. The molecule has 0 aromatic carbocycles. The van der Waals surface area contributed by atoms with Gasteiger partial charge in [-0.25, -0.2) is 12.7 Å². The second-order valence-electron chi connectivity index (χ2n) is 8.98. The topological polar surface area (TPSA) is 83.6 Å². The fourth-order valence-electron chi connectivity index (χ4n) is 5.13. The Morgan fingerprint density at radius 1 is 1.00 bits per heavy atom. The van der Waals surface area contributed by atoms with Gasteiger partial charge in [0.15, 0.2) is 0 Å². The van der Waals surface area contributed by atoms with E-state index in [1.165, 1.54) is 0 Å². The molecule has 3 N–H and O–H groups in total. The number of halogens is 2. The first kappa shape index (κ1) is 22.1. The van der Waals surface area contributed by atoms with Gasteiger partial charge < -0.3 is 10.8 Å². The maximum absolute atomic E-state index is 13.0. The van der Waals surface area contributed by atoms with E-state index in [4.69, 9.17) is 28.9 Å². The molecule has 0 bridgehead atoms. The number of nitrogens with two attached hydrogens (primary N) is 1. The van der Waals surface area contributed by atoms with Gasteiger partial charge in [-0.1, -0.05) is 6.92 Å². The number of piperidine rings is 1. The van der Waals surface area contributed by atoms with Crippen molar-refractivity contribution in [3.8, 4) is 0 Å². The summed E-state index contributed by atoms with van der Waals surface area (Å²) in [5.41, 5.74) is 6.50. The molecule has 158 valence electrons. The number of aliphatic hydroxyl groups excluding tert-OH is 1. The monoisotopic (exact) mass is 440 g/mol. The van der Waals surface area contributed by atoms with Crippen LogP contribution in [0.3, 0.4) is 0 Å². The van der Waals surface area contributed by atoms with E-state index in [0.717, 1.165) is 38.5 Å². The quantitative estimate of drug-likeness (QED) is 0.658. The fraction of sp³-hybridized carbons (Fsp3) is 1.00. The molecule has 5 atom stereocenters. The lowest BCUT2D eigenvalue weighted by Gasteiger charge is -2.42. The molecule has 0 radical (unpaired) electrons. The maximum atomic E-state index is 13.0. The lowest BCUT2D eigenvalue weighted by molar-refractivity contribution is 0.0398. The predicted octanol–water partition coefficient (Wildman–Crippen LogP) is 2.92. The molecule has 2 saturated carbocycles. The highest BCUT2D eigenvalue weighted by atomic mass is 35.5. The van der Waals surface area contributed by atoms with Crippen molar-refractivity contribution in [3.05, 3.63) is 0 Å². The Bertz CT molecular complexity index is 590. The van der Waals surface area contributed by atoms with Crippen molar-refractivity contribution in [2.24, 2.45) is 23.5 Å². The van der Waals surface area contributed by atoms with Crippen LogP contribution in [0.25, 0.3) is 0 Å². The number of alkyl halides is 2. The van der Waals surface area contributed by atoms with Crippen LogP contribution in [0.5, 0.6) is 0 Å². The third-order valence-corrected chi connectivity index (χ3v) is 10.6. The molecule has 0 spiro atoms. The van der Waals surface area contributed by atoms with Gasteiger partial charge in [-0.3, -0.25) is 0 Å². The molecule has 1 aliphatic heterocycles. The second-order valence-corrected chi connectivity index (χ2v) is 12.3. The first-order valence-corrected chi connectivity index (χ1v) is 12.8. The smallest absolute Gasteiger partial charge is 0.216 e. The maximum Gasteiger partial charge on any atom is 0.216 e. The van der Waals surface area contributed by atoms with E-state index < -0.39 is 16.1 Å². The molecule has 2 aliphatic carbocycles. The molecule has 3 rings (SSSR count). The zero-order valence-corrected chi connectivity index (χ0v) is 18.5. The van der Waals surface area contributed by atoms with Crippen LogP contribution in [0, 0.1) is 17.8 Å². The standard InChI is InChI=1S/C19H34Cl2N2O3S/c1-12-2-4-14(5-3-12)27(25,26)23-8-6-13(7-9-23)19(22)15-10-16(20)17(21)11-18(15)24/h12-19,24H,2-11,22H2,1H3. The Hall–Kier alpha value is 0.410. The summed E-state index contributed by atoms with van der Waals surface area (Å²) < 4.78 is 27.6. The van der Waals surface area contributed by atoms with Crippen molar-refractivity contribution in [3.63, 3.8) is 0 Å². The lowest BCUT2D eigenvalue weighted by atomic mass is 9.74. The number of nitrogens with zero attached hydrogens (tertiary/aromatic N) is 1. The van der Waals surface area contributed by atoms with Crippen LogP contribution < -0.4 is 5.73 Å². The number of hydrogen-bond donors (Lipinski definition) is 2. The van der Waals surface area contributed by atoms with Gasteiger partial charge in [0.2, 0.25) is 10.0 Å². The molecule has 27 heavy (non-hydrogen) atoms. The Morgan fingerprint density at radius 3 is 2.15 bits per heavy atom. The van der Waals surface area contributed by atoms with Crippen molar-refractivity contribution in [1.82, 2.24) is 4.31 Å². The third kappa shape index (κ3) is 4.95. The molecule has 0 aromatic heterocycles. The van der Waals surface area contributed by atoms with Crippen molar-refractivity contribution >= 4 is 33.2 Å². The molecule has 0 aromatic rings. The Kier molecular flexibility index (Phi) is 7.41. The van der Waals surface area contributed by atoms with E-state index in [1.54, 1.807) is 4.31 Å². The highest BCUT2D eigenvalue weighted by molar-refractivity contribution is 7.89. The van der Waals surface area contributed by atoms with Crippen molar-refractivity contribution in [2.75, 3.05) is 13.1 Å². The average Bonchev–Trinajstić information content (AvgIpc) is 2.64. The highest BCUT2D eigenvalue weighted by Crippen LogP contribution is 2.38. The van der Waals surface area contributed by atoms with Gasteiger partial charge in [-0.2, -0.15) is 0 Å². The number of hydrogen-bond acceptors (Lipinski definition) is 4. The van der Waals surface area contributed by atoms with Crippen LogP contribution in [0.2, 0.25) is 0 Å². The highest BCUT2D eigenvalue weighted by Gasteiger charge is 2.42. The van der Waals surface area contributed by atoms with Crippen LogP contribution in [0.15, 0.2) is 0 Å². The summed E-state index contributed by atoms with van der Waals surface area (Å²) in [5, 5.41) is 9.81. The minimum Gasteiger partial charge on any atom is -0.393 e. The average molecular weight is 441 g/mol. The summed E-state index contributed by atoms with van der Waals surface area (Å²) >= 11 is 12.5. The first-order valence-electron chi connectivity index (χ1n) is 10.4. The van der Waals surface area contributed by atoms with E-state index in [-0.39, 0.29) is 33.9 Å².